The Morgan fingerprint density at radius 3 is 2.74 bits per heavy atom. The highest BCUT2D eigenvalue weighted by molar-refractivity contribution is 6.31. The average Bonchev–Trinajstić information content (AvgIpc) is 2.65. The monoisotopic (exact) mass is 275 g/mol. The lowest BCUT2D eigenvalue weighted by Crippen LogP contribution is -1.94. The summed E-state index contributed by atoms with van der Waals surface area (Å²) in [6.07, 6.45) is 0. The van der Waals surface area contributed by atoms with Crippen molar-refractivity contribution in [3.8, 4) is 11.4 Å². The highest BCUT2D eigenvalue weighted by Gasteiger charge is 2.11. The molecular weight excluding hydrogens is 265 g/mol. The molecule has 5 heteroatoms. The highest BCUT2D eigenvalue weighted by Crippen LogP contribution is 2.28. The van der Waals surface area contributed by atoms with Gasteiger partial charge in [0, 0.05) is 29.4 Å². The molecule has 3 rings (SSSR count). The Morgan fingerprint density at radius 2 is 2.00 bits per heavy atom. The quantitative estimate of drug-likeness (QED) is 0.690. The van der Waals surface area contributed by atoms with Gasteiger partial charge in [0.05, 0.1) is 11.0 Å². The third-order valence-electron chi connectivity index (χ3n) is 3.02. The number of nitrogens with zero attached hydrogens (tertiary/aromatic N) is 2. The smallest absolute Gasteiger partial charge is 0.140 e. The number of rotatable bonds is 1. The van der Waals surface area contributed by atoms with Crippen molar-refractivity contribution >= 4 is 28.3 Å². The predicted octanol–water partition coefficient (Wildman–Crippen LogP) is 3.62. The van der Waals surface area contributed by atoms with Gasteiger partial charge in [0.15, 0.2) is 0 Å². The molecule has 0 aliphatic heterocycles. The van der Waals surface area contributed by atoms with Crippen molar-refractivity contribution in [1.29, 1.82) is 0 Å². The summed E-state index contributed by atoms with van der Waals surface area (Å²) in [5.41, 5.74) is 8.63. The molecule has 0 bridgehead atoms. The Bertz CT molecular complexity index is 759. The van der Waals surface area contributed by atoms with E-state index >= 15 is 0 Å². The van der Waals surface area contributed by atoms with Gasteiger partial charge in [0.25, 0.3) is 0 Å². The largest absolute Gasteiger partial charge is 0.399 e. The van der Waals surface area contributed by atoms with Gasteiger partial charge in [-0.15, -0.1) is 0 Å². The van der Waals surface area contributed by atoms with E-state index in [1.54, 1.807) is 24.3 Å². The number of benzene rings is 2. The van der Waals surface area contributed by atoms with Crippen LogP contribution in [-0.4, -0.2) is 9.55 Å². The van der Waals surface area contributed by atoms with Crippen LogP contribution in [0.25, 0.3) is 22.4 Å². The summed E-state index contributed by atoms with van der Waals surface area (Å²) < 4.78 is 15.1. The molecule has 0 atom stereocenters. The van der Waals surface area contributed by atoms with E-state index in [2.05, 4.69) is 4.98 Å². The molecule has 0 saturated heterocycles. The molecule has 2 aromatic carbocycles. The van der Waals surface area contributed by atoms with Crippen LogP contribution in [0.5, 0.6) is 0 Å². The van der Waals surface area contributed by atoms with Gasteiger partial charge in [-0.2, -0.15) is 0 Å². The highest BCUT2D eigenvalue weighted by atomic mass is 35.5. The van der Waals surface area contributed by atoms with Crippen LogP contribution in [0.2, 0.25) is 5.02 Å². The molecule has 0 saturated carbocycles. The molecule has 0 amide bonds. The minimum Gasteiger partial charge on any atom is -0.399 e. The summed E-state index contributed by atoms with van der Waals surface area (Å²) in [6, 6.07) is 9.79. The molecule has 3 nitrogen and oxygen atoms in total. The number of anilines is 1. The van der Waals surface area contributed by atoms with Gasteiger partial charge in [0.1, 0.15) is 11.6 Å². The van der Waals surface area contributed by atoms with Gasteiger partial charge in [-0.3, -0.25) is 0 Å². The maximum Gasteiger partial charge on any atom is 0.140 e. The SMILES string of the molecule is Cn1c(-c2cc(N)cc(Cl)c2)nc2cc(F)ccc21. The number of hydrogen-bond donors (Lipinski definition) is 1. The molecule has 0 unspecified atom stereocenters. The Hall–Kier alpha value is -2.07. The standard InChI is InChI=1S/C14H11ClFN3/c1-19-13-3-2-10(16)7-12(13)18-14(19)8-4-9(15)6-11(17)5-8/h2-7H,17H2,1H3. The molecular formula is C14H11ClFN3. The lowest BCUT2D eigenvalue weighted by atomic mass is 10.2. The number of fused-ring (bicyclic) bond motifs is 1. The van der Waals surface area contributed by atoms with Crippen molar-refractivity contribution in [1.82, 2.24) is 9.55 Å². The summed E-state index contributed by atoms with van der Waals surface area (Å²) in [7, 11) is 1.87. The number of halogens is 2. The van der Waals surface area contributed by atoms with Gasteiger partial charge in [0.2, 0.25) is 0 Å². The molecule has 0 fully saturated rings. The van der Waals surface area contributed by atoms with E-state index in [0.29, 0.717) is 22.1 Å². The fourth-order valence-electron chi connectivity index (χ4n) is 2.17. The maximum atomic E-state index is 13.2. The van der Waals surface area contributed by atoms with Crippen LogP contribution in [0.15, 0.2) is 36.4 Å². The van der Waals surface area contributed by atoms with Crippen LogP contribution >= 0.6 is 11.6 Å². The molecule has 3 aromatic rings. The molecule has 1 heterocycles. The molecule has 96 valence electrons. The molecule has 19 heavy (non-hydrogen) atoms. The van der Waals surface area contributed by atoms with Crippen molar-refractivity contribution in [3.63, 3.8) is 0 Å². The zero-order valence-electron chi connectivity index (χ0n) is 10.2. The zero-order chi connectivity index (χ0) is 13.6. The fraction of sp³-hybridized carbons (Fsp3) is 0.0714. The number of hydrogen-bond acceptors (Lipinski definition) is 2. The third-order valence-corrected chi connectivity index (χ3v) is 3.24. The number of imidazole rings is 1. The first-order chi connectivity index (χ1) is 9.04. The molecule has 0 aliphatic rings. The lowest BCUT2D eigenvalue weighted by molar-refractivity contribution is 0.629. The van der Waals surface area contributed by atoms with Gasteiger partial charge in [-0.1, -0.05) is 11.6 Å². The molecule has 1 aromatic heterocycles. The van der Waals surface area contributed by atoms with Gasteiger partial charge < -0.3 is 10.3 Å². The van der Waals surface area contributed by atoms with E-state index in [0.717, 1.165) is 11.1 Å². The van der Waals surface area contributed by atoms with Crippen molar-refractivity contribution in [2.24, 2.45) is 7.05 Å². The van der Waals surface area contributed by atoms with Crippen LogP contribution in [0.3, 0.4) is 0 Å². The topological polar surface area (TPSA) is 43.8 Å². The predicted molar refractivity (Wildman–Crippen MR) is 75.5 cm³/mol. The molecule has 0 radical (unpaired) electrons. The van der Waals surface area contributed by atoms with Crippen LogP contribution in [0, 0.1) is 5.82 Å². The van der Waals surface area contributed by atoms with Crippen LogP contribution in [0.4, 0.5) is 10.1 Å². The van der Waals surface area contributed by atoms with Crippen LogP contribution in [0.1, 0.15) is 0 Å². The lowest BCUT2D eigenvalue weighted by Gasteiger charge is -2.04. The molecule has 0 aliphatic carbocycles. The van der Waals surface area contributed by atoms with E-state index in [-0.39, 0.29) is 5.82 Å². The van der Waals surface area contributed by atoms with E-state index in [4.69, 9.17) is 17.3 Å². The van der Waals surface area contributed by atoms with Gasteiger partial charge in [-0.05, 0) is 30.3 Å². The van der Waals surface area contributed by atoms with Gasteiger partial charge >= 0.3 is 0 Å². The van der Waals surface area contributed by atoms with E-state index < -0.39 is 0 Å². The first kappa shape index (κ1) is 12.0. The van der Waals surface area contributed by atoms with Crippen molar-refractivity contribution in [2.45, 2.75) is 0 Å². The second-order valence-electron chi connectivity index (χ2n) is 4.40. The second-order valence-corrected chi connectivity index (χ2v) is 4.84. The third kappa shape index (κ3) is 2.04. The molecule has 0 spiro atoms. The minimum absolute atomic E-state index is 0.303. The Labute approximate surface area is 114 Å². The van der Waals surface area contributed by atoms with Crippen molar-refractivity contribution in [2.75, 3.05) is 5.73 Å². The Kier molecular flexibility index (Phi) is 2.68. The first-order valence-corrected chi connectivity index (χ1v) is 6.11. The minimum atomic E-state index is -0.303. The number of nitrogens with two attached hydrogens (primary N) is 1. The fourth-order valence-corrected chi connectivity index (χ4v) is 2.42. The van der Waals surface area contributed by atoms with E-state index in [9.17, 15) is 4.39 Å². The normalized spacial score (nSPS) is 11.1. The summed E-state index contributed by atoms with van der Waals surface area (Å²) in [6.45, 7) is 0. The first-order valence-electron chi connectivity index (χ1n) is 5.73. The van der Waals surface area contributed by atoms with Crippen LogP contribution in [-0.2, 0) is 7.05 Å². The van der Waals surface area contributed by atoms with E-state index in [1.165, 1.54) is 12.1 Å². The van der Waals surface area contributed by atoms with Crippen molar-refractivity contribution in [3.05, 3.63) is 47.2 Å². The second kappa shape index (κ2) is 4.24. The van der Waals surface area contributed by atoms with E-state index in [1.807, 2.05) is 11.6 Å². The summed E-state index contributed by atoms with van der Waals surface area (Å²) in [4.78, 5) is 4.43. The Balaban J connectivity index is 2.27. The Morgan fingerprint density at radius 1 is 1.21 bits per heavy atom. The zero-order valence-corrected chi connectivity index (χ0v) is 10.9. The summed E-state index contributed by atoms with van der Waals surface area (Å²) >= 11 is 6.00. The number of aromatic nitrogens is 2. The summed E-state index contributed by atoms with van der Waals surface area (Å²) in [5, 5.41) is 0.549. The maximum absolute atomic E-state index is 13.2. The van der Waals surface area contributed by atoms with Crippen molar-refractivity contribution < 1.29 is 4.39 Å². The average molecular weight is 276 g/mol. The number of aryl methyl sites for hydroxylation is 1. The summed E-state index contributed by atoms with van der Waals surface area (Å²) in [5.74, 6) is 0.401. The van der Waals surface area contributed by atoms with Crippen LogP contribution < -0.4 is 5.73 Å². The molecule has 2 N–H and O–H groups in total. The number of nitrogen functional groups attached to an aromatic ring is 1. The van der Waals surface area contributed by atoms with Gasteiger partial charge in [-0.25, -0.2) is 9.37 Å².